The molecule has 0 saturated carbocycles. The molecule has 53 heavy (non-hydrogen) atoms. The SMILES string of the molecule is CC(C)(C)Cc1ccc(-c2ccnc(-c3[c-]c4c(-c5[c-]c(-c6ccccn6)cc(-c6ccccc6)c5)cccc4c4c3oc3ccccc34)c2)cc1.[Pt+2]. The van der Waals surface area contributed by atoms with Gasteiger partial charge in [0.25, 0.3) is 0 Å². The molecule has 0 N–H and O–H groups in total. The minimum absolute atomic E-state index is 0. The number of rotatable bonds is 6. The molecule has 0 bridgehead atoms. The number of hydrogen-bond donors (Lipinski definition) is 0. The van der Waals surface area contributed by atoms with Crippen molar-refractivity contribution in [2.75, 3.05) is 0 Å². The van der Waals surface area contributed by atoms with Gasteiger partial charge in [-0.25, -0.2) is 0 Å². The van der Waals surface area contributed by atoms with E-state index in [0.29, 0.717) is 0 Å². The van der Waals surface area contributed by atoms with Crippen LogP contribution in [0.4, 0.5) is 0 Å². The number of benzene rings is 6. The summed E-state index contributed by atoms with van der Waals surface area (Å²) in [5.74, 6) is 0. The summed E-state index contributed by atoms with van der Waals surface area (Å²) in [5, 5.41) is 4.19. The van der Waals surface area contributed by atoms with E-state index < -0.39 is 0 Å². The Hall–Kier alpha value is -5.63. The van der Waals surface area contributed by atoms with E-state index in [1.165, 1.54) is 5.56 Å². The van der Waals surface area contributed by atoms with Crippen molar-refractivity contribution in [2.24, 2.45) is 5.41 Å². The molecule has 0 unspecified atom stereocenters. The normalized spacial score (nSPS) is 11.6. The zero-order chi connectivity index (χ0) is 35.2. The summed E-state index contributed by atoms with van der Waals surface area (Å²) >= 11 is 0. The smallest absolute Gasteiger partial charge is 0.491 e. The first kappa shape index (κ1) is 34.5. The van der Waals surface area contributed by atoms with Gasteiger partial charge in [0, 0.05) is 29.2 Å². The Labute approximate surface area is 324 Å². The molecule has 0 atom stereocenters. The van der Waals surface area contributed by atoms with Gasteiger partial charge in [-0.15, -0.1) is 35.2 Å². The second-order valence-electron chi connectivity index (χ2n) is 14.7. The Bertz CT molecular complexity index is 2670. The van der Waals surface area contributed by atoms with Gasteiger partial charge in [0.1, 0.15) is 5.58 Å². The maximum Gasteiger partial charge on any atom is 2.00 e. The molecule has 3 heterocycles. The minimum atomic E-state index is 0. The second kappa shape index (κ2) is 14.1. The fraction of sp³-hybridized carbons (Fsp3) is 0.102. The molecule has 258 valence electrons. The fourth-order valence-electron chi connectivity index (χ4n) is 7.32. The van der Waals surface area contributed by atoms with Gasteiger partial charge in [-0.3, -0.25) is 9.97 Å². The summed E-state index contributed by atoms with van der Waals surface area (Å²) in [5.41, 5.74) is 13.1. The predicted octanol–water partition coefficient (Wildman–Crippen LogP) is 13.1. The van der Waals surface area contributed by atoms with Crippen molar-refractivity contribution in [1.29, 1.82) is 0 Å². The van der Waals surface area contributed by atoms with Crippen molar-refractivity contribution in [2.45, 2.75) is 27.2 Å². The van der Waals surface area contributed by atoms with Crippen LogP contribution in [-0.4, -0.2) is 9.97 Å². The van der Waals surface area contributed by atoms with Crippen LogP contribution in [0.5, 0.6) is 0 Å². The summed E-state index contributed by atoms with van der Waals surface area (Å²) in [6, 6.07) is 56.4. The molecule has 0 aliphatic carbocycles. The number of pyridine rings is 2. The Kier molecular flexibility index (Phi) is 9.14. The topological polar surface area (TPSA) is 38.9 Å². The summed E-state index contributed by atoms with van der Waals surface area (Å²) in [6.07, 6.45) is 4.75. The summed E-state index contributed by atoms with van der Waals surface area (Å²) < 4.78 is 6.67. The molecule has 6 aromatic carbocycles. The molecule has 3 nitrogen and oxygen atoms in total. The van der Waals surface area contributed by atoms with E-state index in [9.17, 15) is 0 Å². The monoisotopic (exact) mass is 863 g/mol. The van der Waals surface area contributed by atoms with E-state index in [2.05, 4.69) is 136 Å². The van der Waals surface area contributed by atoms with Crippen molar-refractivity contribution < 1.29 is 25.5 Å². The molecule has 4 heteroatoms. The molecule has 3 aromatic heterocycles. The van der Waals surface area contributed by atoms with E-state index >= 15 is 0 Å². The van der Waals surface area contributed by atoms with Crippen LogP contribution in [0.2, 0.25) is 0 Å². The van der Waals surface area contributed by atoms with Crippen molar-refractivity contribution in [1.82, 2.24) is 9.97 Å². The number of fused-ring (bicyclic) bond motifs is 5. The van der Waals surface area contributed by atoms with Crippen molar-refractivity contribution >= 4 is 32.7 Å². The second-order valence-corrected chi connectivity index (χ2v) is 14.7. The molecular weight excluding hydrogens is 828 g/mol. The van der Waals surface area contributed by atoms with E-state index in [1.807, 2.05) is 48.8 Å². The maximum atomic E-state index is 6.67. The average Bonchev–Trinajstić information content (AvgIpc) is 3.58. The first-order chi connectivity index (χ1) is 25.4. The maximum absolute atomic E-state index is 6.67. The van der Waals surface area contributed by atoms with Gasteiger partial charge in [-0.2, -0.15) is 0 Å². The summed E-state index contributed by atoms with van der Waals surface area (Å²) in [7, 11) is 0. The van der Waals surface area contributed by atoms with Crippen LogP contribution < -0.4 is 0 Å². The first-order valence-electron chi connectivity index (χ1n) is 17.8. The molecule has 0 spiro atoms. The van der Waals surface area contributed by atoms with Crippen molar-refractivity contribution in [3.05, 3.63) is 170 Å². The zero-order valence-electron chi connectivity index (χ0n) is 29.8. The van der Waals surface area contributed by atoms with Gasteiger partial charge < -0.3 is 4.42 Å². The van der Waals surface area contributed by atoms with Gasteiger partial charge >= 0.3 is 21.1 Å². The van der Waals surface area contributed by atoms with E-state index in [4.69, 9.17) is 14.4 Å². The molecule has 0 amide bonds. The van der Waals surface area contributed by atoms with Crippen molar-refractivity contribution in [3.63, 3.8) is 0 Å². The fourth-order valence-corrected chi connectivity index (χ4v) is 7.32. The molecule has 0 fully saturated rings. The molecular formula is C49H36N2OPt. The number of para-hydroxylation sites is 1. The van der Waals surface area contributed by atoms with Crippen LogP contribution in [0.15, 0.2) is 156 Å². The molecule has 9 rings (SSSR count). The van der Waals surface area contributed by atoms with Crippen molar-refractivity contribution in [3.8, 4) is 55.9 Å². The molecule has 0 aliphatic rings. The molecule has 9 aromatic rings. The van der Waals surface area contributed by atoms with E-state index in [1.54, 1.807) is 0 Å². The summed E-state index contributed by atoms with van der Waals surface area (Å²) in [4.78, 5) is 9.63. The van der Waals surface area contributed by atoms with Gasteiger partial charge in [0.15, 0.2) is 0 Å². The number of furan rings is 1. The Morgan fingerprint density at radius 1 is 0.566 bits per heavy atom. The zero-order valence-corrected chi connectivity index (χ0v) is 32.0. The molecule has 0 saturated heterocycles. The Balaban J connectivity index is 0.00000400. The quantitative estimate of drug-likeness (QED) is 0.156. The van der Waals surface area contributed by atoms with E-state index in [-0.39, 0.29) is 26.5 Å². The third-order valence-electron chi connectivity index (χ3n) is 9.65. The third-order valence-corrected chi connectivity index (χ3v) is 9.65. The third kappa shape index (κ3) is 6.74. The van der Waals surface area contributed by atoms with Gasteiger partial charge in [0.2, 0.25) is 0 Å². The van der Waals surface area contributed by atoms with Crippen LogP contribution in [-0.2, 0) is 27.5 Å². The molecule has 0 radical (unpaired) electrons. The summed E-state index contributed by atoms with van der Waals surface area (Å²) in [6.45, 7) is 6.83. The number of aromatic nitrogens is 2. The van der Waals surface area contributed by atoms with Crippen LogP contribution in [0.1, 0.15) is 26.3 Å². The van der Waals surface area contributed by atoms with Crippen LogP contribution in [0.25, 0.3) is 88.6 Å². The van der Waals surface area contributed by atoms with Crippen LogP contribution >= 0.6 is 0 Å². The average molecular weight is 864 g/mol. The Morgan fingerprint density at radius 2 is 1.28 bits per heavy atom. The van der Waals surface area contributed by atoms with Crippen LogP contribution in [0.3, 0.4) is 0 Å². The number of hydrogen-bond acceptors (Lipinski definition) is 3. The van der Waals surface area contributed by atoms with Gasteiger partial charge in [-0.05, 0) is 57.7 Å². The van der Waals surface area contributed by atoms with E-state index in [0.717, 1.165) is 95.0 Å². The Morgan fingerprint density at radius 3 is 2.08 bits per heavy atom. The van der Waals surface area contributed by atoms with Gasteiger partial charge in [0.05, 0.1) is 5.58 Å². The standard InChI is InChI=1S/C49H36N2O.Pt/c1-49(2,3)31-32-19-21-34(22-20-32)35-23-25-51-45(29-35)43-30-42-39(15-11-16-40(42)47-41-14-7-8-18-46(41)52-48(43)47)37-26-36(33-12-5-4-6-13-33)27-38(28-37)44-17-9-10-24-50-44;/h4-27,29H,31H2,1-3H3;/q-2;+2. The predicted molar refractivity (Wildman–Crippen MR) is 215 cm³/mol. The molecule has 0 aliphatic heterocycles. The van der Waals surface area contributed by atoms with Gasteiger partial charge in [-0.1, -0.05) is 158 Å². The minimum Gasteiger partial charge on any atom is -0.491 e. The largest absolute Gasteiger partial charge is 2.00 e. The first-order valence-corrected chi connectivity index (χ1v) is 17.8. The van der Waals surface area contributed by atoms with Crippen LogP contribution in [0, 0.1) is 17.5 Å². The number of nitrogens with zero attached hydrogens (tertiary/aromatic N) is 2.